The van der Waals surface area contributed by atoms with E-state index in [-0.39, 0.29) is 0 Å². The van der Waals surface area contributed by atoms with E-state index in [1.54, 1.807) is 18.2 Å². The van der Waals surface area contributed by atoms with E-state index in [2.05, 4.69) is 0 Å². The predicted molar refractivity (Wildman–Crippen MR) is 79.2 cm³/mol. The van der Waals surface area contributed by atoms with Gasteiger partial charge in [0.25, 0.3) is 0 Å². The maximum absolute atomic E-state index is 10.8. The van der Waals surface area contributed by atoms with Crippen LogP contribution in [0.2, 0.25) is 10.0 Å². The van der Waals surface area contributed by atoms with Gasteiger partial charge in [0.2, 0.25) is 0 Å². The molecule has 2 aromatic carbocycles. The number of carbonyl (C=O) groups is 1. The van der Waals surface area contributed by atoms with Gasteiger partial charge in [0.05, 0.1) is 12.1 Å². The van der Waals surface area contributed by atoms with E-state index in [0.29, 0.717) is 40.0 Å². The SMILES string of the molecule is COc1cc(C=O)cc(Cl)c1OCc1ccc(Cl)cc1. The summed E-state index contributed by atoms with van der Waals surface area (Å²) in [6.45, 7) is 0.327. The molecule has 0 radical (unpaired) electrons. The molecule has 0 N–H and O–H groups in total. The quantitative estimate of drug-likeness (QED) is 0.768. The zero-order valence-electron chi connectivity index (χ0n) is 10.7. The molecule has 3 nitrogen and oxygen atoms in total. The highest BCUT2D eigenvalue weighted by atomic mass is 35.5. The lowest BCUT2D eigenvalue weighted by molar-refractivity contribution is 0.112. The number of methoxy groups -OCH3 is 1. The summed E-state index contributed by atoms with van der Waals surface area (Å²) in [5, 5.41) is 1.00. The first kappa shape index (κ1) is 14.7. The van der Waals surface area contributed by atoms with Gasteiger partial charge in [0.15, 0.2) is 11.5 Å². The highest BCUT2D eigenvalue weighted by Crippen LogP contribution is 2.36. The molecule has 0 heterocycles. The molecule has 5 heteroatoms. The number of aldehydes is 1. The molecule has 0 spiro atoms. The summed E-state index contributed by atoms with van der Waals surface area (Å²) in [6.07, 6.45) is 0.706. The molecule has 104 valence electrons. The largest absolute Gasteiger partial charge is 0.493 e. The third-order valence-electron chi connectivity index (χ3n) is 2.68. The number of carbonyl (C=O) groups excluding carboxylic acids is 1. The van der Waals surface area contributed by atoms with E-state index in [1.165, 1.54) is 13.2 Å². The van der Waals surface area contributed by atoms with Crippen LogP contribution in [0, 0.1) is 0 Å². The second kappa shape index (κ2) is 6.64. The molecule has 20 heavy (non-hydrogen) atoms. The fourth-order valence-corrected chi connectivity index (χ4v) is 2.08. The van der Waals surface area contributed by atoms with E-state index < -0.39 is 0 Å². The first-order valence-corrected chi connectivity index (χ1v) is 6.59. The van der Waals surface area contributed by atoms with E-state index in [4.69, 9.17) is 32.7 Å². The van der Waals surface area contributed by atoms with Crippen molar-refractivity contribution < 1.29 is 14.3 Å². The van der Waals surface area contributed by atoms with Crippen LogP contribution < -0.4 is 9.47 Å². The van der Waals surface area contributed by atoms with Crippen LogP contribution in [0.15, 0.2) is 36.4 Å². The predicted octanol–water partition coefficient (Wildman–Crippen LogP) is 4.39. The molecule has 0 aliphatic heterocycles. The number of rotatable bonds is 5. The molecule has 0 amide bonds. The third-order valence-corrected chi connectivity index (χ3v) is 3.22. The average Bonchev–Trinajstić information content (AvgIpc) is 2.47. The second-order valence-corrected chi connectivity index (χ2v) is 4.91. The Morgan fingerprint density at radius 3 is 2.45 bits per heavy atom. The van der Waals surface area contributed by atoms with Gasteiger partial charge in [-0.05, 0) is 29.8 Å². The van der Waals surface area contributed by atoms with Crippen molar-refractivity contribution in [3.8, 4) is 11.5 Å². The van der Waals surface area contributed by atoms with E-state index in [9.17, 15) is 4.79 Å². The summed E-state index contributed by atoms with van der Waals surface area (Å²) in [6, 6.07) is 10.4. The molecule has 0 fully saturated rings. The van der Waals surface area contributed by atoms with Gasteiger partial charge in [-0.25, -0.2) is 0 Å². The van der Waals surface area contributed by atoms with Crippen LogP contribution in [0.25, 0.3) is 0 Å². The fourth-order valence-electron chi connectivity index (χ4n) is 1.68. The molecule has 2 rings (SSSR count). The molecule has 0 saturated heterocycles. The Labute approximate surface area is 127 Å². The van der Waals surface area contributed by atoms with Gasteiger partial charge in [-0.2, -0.15) is 0 Å². The molecule has 2 aromatic rings. The van der Waals surface area contributed by atoms with Crippen molar-refractivity contribution in [2.24, 2.45) is 0 Å². The fraction of sp³-hybridized carbons (Fsp3) is 0.133. The minimum Gasteiger partial charge on any atom is -0.493 e. The van der Waals surface area contributed by atoms with Gasteiger partial charge in [0.1, 0.15) is 12.9 Å². The minimum atomic E-state index is 0.327. The van der Waals surface area contributed by atoms with Crippen molar-refractivity contribution in [1.29, 1.82) is 0 Å². The van der Waals surface area contributed by atoms with Crippen molar-refractivity contribution >= 4 is 29.5 Å². The first-order valence-electron chi connectivity index (χ1n) is 5.84. The van der Waals surface area contributed by atoms with Crippen LogP contribution in [0.4, 0.5) is 0 Å². The monoisotopic (exact) mass is 310 g/mol. The van der Waals surface area contributed by atoms with E-state index in [0.717, 1.165) is 5.56 Å². The Balaban J connectivity index is 2.20. The van der Waals surface area contributed by atoms with Crippen LogP contribution in [0.3, 0.4) is 0 Å². The topological polar surface area (TPSA) is 35.5 Å². The standard InChI is InChI=1S/C15H12Cl2O3/c1-19-14-7-11(8-18)6-13(17)15(14)20-9-10-2-4-12(16)5-3-10/h2-8H,9H2,1H3. The highest BCUT2D eigenvalue weighted by Gasteiger charge is 2.12. The van der Waals surface area contributed by atoms with Gasteiger partial charge < -0.3 is 9.47 Å². The zero-order chi connectivity index (χ0) is 14.5. The van der Waals surface area contributed by atoms with Crippen LogP contribution in [-0.2, 0) is 6.61 Å². The summed E-state index contributed by atoms with van der Waals surface area (Å²) in [5.74, 6) is 0.836. The number of benzene rings is 2. The Kier molecular flexibility index (Phi) is 4.88. The van der Waals surface area contributed by atoms with Crippen LogP contribution in [-0.4, -0.2) is 13.4 Å². The maximum atomic E-state index is 10.8. The van der Waals surface area contributed by atoms with Crippen molar-refractivity contribution in [2.75, 3.05) is 7.11 Å². The van der Waals surface area contributed by atoms with Gasteiger partial charge in [-0.15, -0.1) is 0 Å². The van der Waals surface area contributed by atoms with Crippen molar-refractivity contribution in [3.05, 3.63) is 57.6 Å². The van der Waals surface area contributed by atoms with Gasteiger partial charge >= 0.3 is 0 Å². The molecular formula is C15H12Cl2O3. The zero-order valence-corrected chi connectivity index (χ0v) is 12.2. The molecule has 0 aromatic heterocycles. The highest BCUT2D eigenvalue weighted by molar-refractivity contribution is 6.32. The molecule has 0 aliphatic rings. The normalized spacial score (nSPS) is 10.2. The minimum absolute atomic E-state index is 0.327. The molecule has 0 bridgehead atoms. The Hall–Kier alpha value is -1.71. The van der Waals surface area contributed by atoms with Crippen LogP contribution in [0.5, 0.6) is 11.5 Å². The smallest absolute Gasteiger partial charge is 0.180 e. The van der Waals surface area contributed by atoms with Gasteiger partial charge in [0, 0.05) is 10.6 Å². The summed E-state index contributed by atoms with van der Waals surface area (Å²) < 4.78 is 10.9. The lowest BCUT2D eigenvalue weighted by atomic mass is 10.2. The van der Waals surface area contributed by atoms with Crippen LogP contribution in [0.1, 0.15) is 15.9 Å². The van der Waals surface area contributed by atoms with E-state index in [1.807, 2.05) is 12.1 Å². The number of hydrogen-bond donors (Lipinski definition) is 0. The van der Waals surface area contributed by atoms with E-state index >= 15 is 0 Å². The number of ether oxygens (including phenoxy) is 2. The van der Waals surface area contributed by atoms with Crippen LogP contribution >= 0.6 is 23.2 Å². The lowest BCUT2D eigenvalue weighted by Crippen LogP contribution is -1.99. The Morgan fingerprint density at radius 1 is 1.15 bits per heavy atom. The van der Waals surface area contributed by atoms with Gasteiger partial charge in [-0.3, -0.25) is 4.79 Å². The lowest BCUT2D eigenvalue weighted by Gasteiger charge is -2.13. The number of hydrogen-bond acceptors (Lipinski definition) is 3. The first-order chi connectivity index (χ1) is 9.63. The third kappa shape index (κ3) is 3.44. The second-order valence-electron chi connectivity index (χ2n) is 4.07. The van der Waals surface area contributed by atoms with Crippen molar-refractivity contribution in [2.45, 2.75) is 6.61 Å². The van der Waals surface area contributed by atoms with Gasteiger partial charge in [-0.1, -0.05) is 35.3 Å². The summed E-state index contributed by atoms with van der Waals surface area (Å²) in [5.41, 5.74) is 1.39. The molecule has 0 atom stereocenters. The molecule has 0 aliphatic carbocycles. The molecule has 0 unspecified atom stereocenters. The summed E-state index contributed by atoms with van der Waals surface area (Å²) in [4.78, 5) is 10.8. The Bertz CT molecular complexity index is 609. The summed E-state index contributed by atoms with van der Waals surface area (Å²) >= 11 is 11.9. The molecule has 0 saturated carbocycles. The Morgan fingerprint density at radius 2 is 1.85 bits per heavy atom. The maximum Gasteiger partial charge on any atom is 0.180 e. The van der Waals surface area contributed by atoms with Crippen molar-refractivity contribution in [1.82, 2.24) is 0 Å². The summed E-state index contributed by atoms with van der Waals surface area (Å²) in [7, 11) is 1.50. The van der Waals surface area contributed by atoms with Crippen molar-refractivity contribution in [3.63, 3.8) is 0 Å². The molecular weight excluding hydrogens is 299 g/mol. The average molecular weight is 311 g/mol. The number of halogens is 2.